The lowest BCUT2D eigenvalue weighted by Crippen LogP contribution is -2.12. The van der Waals surface area contributed by atoms with Gasteiger partial charge in [0.2, 0.25) is 0 Å². The standard InChI is InChI=1S/C17H11Cl2N3O4S/c1-26-15-5-2-9(6-13(15)19)14-8-27-17(20-14)21-16(23)11-7-10(22(24)25)3-4-12(11)18/h2-8H,1H3,(H,20,21,23). The fourth-order valence-corrected chi connectivity index (χ4v) is 3.43. The fourth-order valence-electron chi connectivity index (χ4n) is 2.25. The lowest BCUT2D eigenvalue weighted by Gasteiger charge is -2.05. The number of amides is 1. The average Bonchev–Trinajstić information content (AvgIpc) is 3.10. The van der Waals surface area contributed by atoms with E-state index in [0.29, 0.717) is 21.6 Å². The van der Waals surface area contributed by atoms with Crippen LogP contribution in [0.3, 0.4) is 0 Å². The van der Waals surface area contributed by atoms with Gasteiger partial charge >= 0.3 is 0 Å². The summed E-state index contributed by atoms with van der Waals surface area (Å²) in [5, 5.41) is 16.1. The molecule has 27 heavy (non-hydrogen) atoms. The molecule has 0 aliphatic rings. The second-order valence-corrected chi connectivity index (χ2v) is 6.94. The molecule has 0 aliphatic heterocycles. The normalized spacial score (nSPS) is 10.5. The molecule has 0 radical (unpaired) electrons. The summed E-state index contributed by atoms with van der Waals surface area (Å²) in [7, 11) is 1.52. The fraction of sp³-hybridized carbons (Fsp3) is 0.0588. The monoisotopic (exact) mass is 423 g/mol. The minimum Gasteiger partial charge on any atom is -0.495 e. The van der Waals surface area contributed by atoms with Crippen LogP contribution in [0, 0.1) is 10.1 Å². The maximum absolute atomic E-state index is 12.4. The molecule has 0 aliphatic carbocycles. The van der Waals surface area contributed by atoms with Gasteiger partial charge in [-0.05, 0) is 24.3 Å². The first-order valence-corrected chi connectivity index (χ1v) is 9.07. The number of hydrogen-bond acceptors (Lipinski definition) is 6. The molecule has 1 heterocycles. The van der Waals surface area contributed by atoms with Crippen LogP contribution in [0.1, 0.15) is 10.4 Å². The summed E-state index contributed by atoms with van der Waals surface area (Å²) in [6.45, 7) is 0. The number of thiazole rings is 1. The van der Waals surface area contributed by atoms with Crippen molar-refractivity contribution in [1.82, 2.24) is 4.98 Å². The van der Waals surface area contributed by atoms with Gasteiger partial charge in [0.05, 0.1) is 33.3 Å². The summed E-state index contributed by atoms with van der Waals surface area (Å²) in [6, 6.07) is 8.88. The molecular formula is C17H11Cl2N3O4S. The molecule has 138 valence electrons. The van der Waals surface area contributed by atoms with Crippen molar-refractivity contribution in [2.75, 3.05) is 12.4 Å². The number of aromatic nitrogens is 1. The summed E-state index contributed by atoms with van der Waals surface area (Å²) in [6.07, 6.45) is 0. The number of anilines is 1. The van der Waals surface area contributed by atoms with Gasteiger partial charge in [-0.25, -0.2) is 4.98 Å². The summed E-state index contributed by atoms with van der Waals surface area (Å²) < 4.78 is 5.11. The number of carbonyl (C=O) groups is 1. The lowest BCUT2D eigenvalue weighted by atomic mass is 10.2. The van der Waals surface area contributed by atoms with Crippen molar-refractivity contribution < 1.29 is 14.5 Å². The molecule has 1 aromatic heterocycles. The first-order valence-electron chi connectivity index (χ1n) is 7.43. The van der Waals surface area contributed by atoms with E-state index in [1.807, 2.05) is 0 Å². The van der Waals surface area contributed by atoms with E-state index in [2.05, 4.69) is 10.3 Å². The smallest absolute Gasteiger partial charge is 0.270 e. The number of hydrogen-bond donors (Lipinski definition) is 1. The second kappa shape index (κ2) is 7.91. The molecule has 7 nitrogen and oxygen atoms in total. The van der Waals surface area contributed by atoms with Gasteiger partial charge in [-0.3, -0.25) is 20.2 Å². The van der Waals surface area contributed by atoms with Gasteiger partial charge in [-0.1, -0.05) is 23.2 Å². The van der Waals surface area contributed by atoms with Crippen LogP contribution in [0.5, 0.6) is 5.75 Å². The van der Waals surface area contributed by atoms with Crippen molar-refractivity contribution in [3.8, 4) is 17.0 Å². The first kappa shape index (κ1) is 19.1. The number of halogens is 2. The molecule has 0 saturated carbocycles. The number of rotatable bonds is 5. The molecule has 0 unspecified atom stereocenters. The van der Waals surface area contributed by atoms with Gasteiger partial charge < -0.3 is 4.74 Å². The van der Waals surface area contributed by atoms with Crippen molar-refractivity contribution in [2.45, 2.75) is 0 Å². The van der Waals surface area contributed by atoms with E-state index in [9.17, 15) is 14.9 Å². The highest BCUT2D eigenvalue weighted by atomic mass is 35.5. The molecule has 0 fully saturated rings. The number of ether oxygens (including phenoxy) is 1. The average molecular weight is 424 g/mol. The quantitative estimate of drug-likeness (QED) is 0.444. The number of nitrogens with zero attached hydrogens (tertiary/aromatic N) is 2. The van der Waals surface area contributed by atoms with Crippen LogP contribution in [0.15, 0.2) is 41.8 Å². The molecule has 3 aromatic rings. The first-order chi connectivity index (χ1) is 12.9. The van der Waals surface area contributed by atoms with Gasteiger partial charge in [0.15, 0.2) is 5.13 Å². The van der Waals surface area contributed by atoms with Crippen LogP contribution < -0.4 is 10.1 Å². The Morgan fingerprint density at radius 2 is 2.00 bits per heavy atom. The van der Waals surface area contributed by atoms with Gasteiger partial charge in [-0.2, -0.15) is 0 Å². The molecule has 3 rings (SSSR count). The molecule has 2 aromatic carbocycles. The Kier molecular flexibility index (Phi) is 5.59. The van der Waals surface area contributed by atoms with Gasteiger partial charge in [0.25, 0.3) is 11.6 Å². The topological polar surface area (TPSA) is 94.4 Å². The molecule has 0 saturated heterocycles. The zero-order valence-electron chi connectivity index (χ0n) is 13.7. The minimum absolute atomic E-state index is 0.00453. The predicted molar refractivity (Wildman–Crippen MR) is 105 cm³/mol. The van der Waals surface area contributed by atoms with Gasteiger partial charge in [-0.15, -0.1) is 11.3 Å². The van der Waals surface area contributed by atoms with Crippen molar-refractivity contribution in [3.63, 3.8) is 0 Å². The van der Waals surface area contributed by atoms with Crippen LogP contribution in [0.25, 0.3) is 11.3 Å². The van der Waals surface area contributed by atoms with E-state index in [1.165, 1.54) is 30.6 Å². The van der Waals surface area contributed by atoms with E-state index in [4.69, 9.17) is 27.9 Å². The van der Waals surface area contributed by atoms with Crippen molar-refractivity contribution >= 4 is 51.3 Å². The highest BCUT2D eigenvalue weighted by Gasteiger charge is 2.17. The number of benzene rings is 2. The van der Waals surface area contributed by atoms with Crippen molar-refractivity contribution in [3.05, 3.63) is 67.5 Å². The van der Waals surface area contributed by atoms with Crippen LogP contribution in [-0.4, -0.2) is 22.9 Å². The SMILES string of the molecule is COc1ccc(-c2csc(NC(=O)c3cc([N+](=O)[O-])ccc3Cl)n2)cc1Cl. The molecule has 10 heteroatoms. The number of nitro benzene ring substituents is 1. The maximum atomic E-state index is 12.4. The summed E-state index contributed by atoms with van der Waals surface area (Å²) in [4.78, 5) is 27.0. The van der Waals surface area contributed by atoms with Crippen LogP contribution in [-0.2, 0) is 0 Å². The third kappa shape index (κ3) is 4.19. The Bertz CT molecular complexity index is 1040. The predicted octanol–water partition coefficient (Wildman–Crippen LogP) is 5.29. The maximum Gasteiger partial charge on any atom is 0.270 e. The van der Waals surface area contributed by atoms with Crippen LogP contribution in [0.4, 0.5) is 10.8 Å². The molecule has 1 N–H and O–H groups in total. The molecule has 0 spiro atoms. The lowest BCUT2D eigenvalue weighted by molar-refractivity contribution is -0.384. The van der Waals surface area contributed by atoms with Gasteiger partial charge in [0, 0.05) is 23.1 Å². The number of nitro groups is 1. The second-order valence-electron chi connectivity index (χ2n) is 5.26. The Hall–Kier alpha value is -2.68. The van der Waals surface area contributed by atoms with Crippen LogP contribution >= 0.6 is 34.5 Å². The molecular weight excluding hydrogens is 413 g/mol. The number of methoxy groups -OCH3 is 1. The van der Waals surface area contributed by atoms with E-state index in [0.717, 1.165) is 11.6 Å². The summed E-state index contributed by atoms with van der Waals surface area (Å²) >= 11 is 13.3. The van der Waals surface area contributed by atoms with Gasteiger partial charge in [0.1, 0.15) is 5.75 Å². The van der Waals surface area contributed by atoms with Crippen LogP contribution in [0.2, 0.25) is 10.0 Å². The summed E-state index contributed by atoms with van der Waals surface area (Å²) in [5.41, 5.74) is 1.14. The minimum atomic E-state index is -0.595. The van der Waals surface area contributed by atoms with E-state index < -0.39 is 10.8 Å². The molecule has 1 amide bonds. The highest BCUT2D eigenvalue weighted by molar-refractivity contribution is 7.14. The Morgan fingerprint density at radius 3 is 2.67 bits per heavy atom. The summed E-state index contributed by atoms with van der Waals surface area (Å²) in [5.74, 6) is -0.0400. The molecule has 0 atom stereocenters. The van der Waals surface area contributed by atoms with Crippen molar-refractivity contribution in [2.24, 2.45) is 0 Å². The van der Waals surface area contributed by atoms with Crippen molar-refractivity contribution in [1.29, 1.82) is 0 Å². The Labute approximate surface area is 167 Å². The number of nitrogens with one attached hydrogen (secondary N) is 1. The van der Waals surface area contributed by atoms with E-state index >= 15 is 0 Å². The third-order valence-corrected chi connectivity index (χ3v) is 4.96. The third-order valence-electron chi connectivity index (χ3n) is 3.58. The Balaban J connectivity index is 1.82. The van der Waals surface area contributed by atoms with E-state index in [-0.39, 0.29) is 16.3 Å². The largest absolute Gasteiger partial charge is 0.495 e. The molecule has 0 bridgehead atoms. The number of non-ortho nitro benzene ring substituents is 1. The zero-order chi connectivity index (χ0) is 19.6. The number of carbonyl (C=O) groups excluding carboxylic acids is 1. The van der Waals surface area contributed by atoms with E-state index in [1.54, 1.807) is 23.6 Å². The zero-order valence-corrected chi connectivity index (χ0v) is 16.1. The Morgan fingerprint density at radius 1 is 1.22 bits per heavy atom. The highest BCUT2D eigenvalue weighted by Crippen LogP contribution is 2.32.